The number of para-hydroxylation sites is 1. The van der Waals surface area contributed by atoms with Gasteiger partial charge in [0.25, 0.3) is 5.91 Å². The molecule has 2 aromatic rings. The van der Waals surface area contributed by atoms with E-state index in [1.807, 2.05) is 6.07 Å². The van der Waals surface area contributed by atoms with Crippen molar-refractivity contribution < 1.29 is 23.5 Å². The lowest BCUT2D eigenvalue weighted by atomic mass is 10.3. The quantitative estimate of drug-likeness (QED) is 0.790. The number of hydrogen-bond donors (Lipinski definition) is 1. The van der Waals surface area contributed by atoms with Gasteiger partial charge in [0.15, 0.2) is 12.2 Å². The van der Waals surface area contributed by atoms with Gasteiger partial charge in [-0.3, -0.25) is 4.79 Å². The van der Waals surface area contributed by atoms with Gasteiger partial charge in [-0.05, 0) is 44.2 Å². The fraction of sp³-hybridized carbons (Fsp3) is 0.222. The number of anilines is 1. The van der Waals surface area contributed by atoms with Crippen LogP contribution in [0.15, 0.2) is 48.5 Å². The Labute approximate surface area is 149 Å². The van der Waals surface area contributed by atoms with Crippen molar-refractivity contribution in [3.8, 4) is 5.75 Å². The molecule has 132 valence electrons. The average Bonchev–Trinajstić information content (AvgIpc) is 2.58. The van der Waals surface area contributed by atoms with Gasteiger partial charge >= 0.3 is 5.97 Å². The van der Waals surface area contributed by atoms with E-state index < -0.39 is 29.9 Å². The Morgan fingerprint density at radius 1 is 1.08 bits per heavy atom. The third-order valence-electron chi connectivity index (χ3n) is 3.24. The largest absolute Gasteiger partial charge is 0.479 e. The van der Waals surface area contributed by atoms with E-state index in [2.05, 4.69) is 5.32 Å². The first-order valence-electron chi connectivity index (χ1n) is 7.55. The van der Waals surface area contributed by atoms with Crippen LogP contribution in [0.25, 0.3) is 0 Å². The summed E-state index contributed by atoms with van der Waals surface area (Å²) in [5.41, 5.74) is -0.0501. The van der Waals surface area contributed by atoms with Gasteiger partial charge in [-0.2, -0.15) is 0 Å². The highest BCUT2D eigenvalue weighted by atomic mass is 35.5. The van der Waals surface area contributed by atoms with Crippen LogP contribution >= 0.6 is 11.6 Å². The standard InChI is InChI=1S/C18H17ClFNO4/c1-11(17(22)21-16-9-8-13(19)10-15(16)20)25-18(23)12(2)24-14-6-4-3-5-7-14/h3-12H,1-2H3,(H,21,22). The summed E-state index contributed by atoms with van der Waals surface area (Å²) in [5, 5.41) is 2.55. The molecule has 0 spiro atoms. The molecule has 5 nitrogen and oxygen atoms in total. The van der Waals surface area contributed by atoms with Crippen LogP contribution < -0.4 is 10.1 Å². The van der Waals surface area contributed by atoms with Crippen LogP contribution in [-0.4, -0.2) is 24.1 Å². The molecule has 0 heterocycles. The second kappa shape index (κ2) is 8.48. The highest BCUT2D eigenvalue weighted by molar-refractivity contribution is 6.30. The van der Waals surface area contributed by atoms with E-state index in [0.29, 0.717) is 5.75 Å². The summed E-state index contributed by atoms with van der Waals surface area (Å²) in [5.74, 6) is -1.54. The van der Waals surface area contributed by atoms with Gasteiger partial charge in [0.1, 0.15) is 11.6 Å². The number of amides is 1. The highest BCUT2D eigenvalue weighted by Crippen LogP contribution is 2.19. The van der Waals surface area contributed by atoms with Crippen molar-refractivity contribution in [2.24, 2.45) is 0 Å². The average molecular weight is 366 g/mol. The highest BCUT2D eigenvalue weighted by Gasteiger charge is 2.23. The van der Waals surface area contributed by atoms with Crippen LogP contribution in [0, 0.1) is 5.82 Å². The number of rotatable bonds is 6. The summed E-state index contributed by atoms with van der Waals surface area (Å²) in [6, 6.07) is 12.6. The number of hydrogen-bond acceptors (Lipinski definition) is 4. The zero-order chi connectivity index (χ0) is 18.4. The van der Waals surface area contributed by atoms with Gasteiger partial charge in [0.05, 0.1) is 5.69 Å². The number of halogens is 2. The maximum atomic E-state index is 13.7. The number of carbonyl (C=O) groups is 2. The first kappa shape index (κ1) is 18.7. The Kier molecular flexibility index (Phi) is 6.36. The summed E-state index contributed by atoms with van der Waals surface area (Å²) in [6.07, 6.45) is -2.02. The molecule has 2 rings (SSSR count). The summed E-state index contributed by atoms with van der Waals surface area (Å²) in [4.78, 5) is 24.0. The summed E-state index contributed by atoms with van der Waals surface area (Å²) < 4.78 is 24.2. The number of benzene rings is 2. The number of esters is 1. The fourth-order valence-corrected chi connectivity index (χ4v) is 2.06. The third kappa shape index (κ3) is 5.46. The summed E-state index contributed by atoms with van der Waals surface area (Å²) in [7, 11) is 0. The molecule has 25 heavy (non-hydrogen) atoms. The molecule has 0 aliphatic rings. The van der Waals surface area contributed by atoms with Gasteiger partial charge < -0.3 is 14.8 Å². The van der Waals surface area contributed by atoms with E-state index in [0.717, 1.165) is 6.07 Å². The zero-order valence-corrected chi connectivity index (χ0v) is 14.4. The molecule has 7 heteroatoms. The van der Waals surface area contributed by atoms with Crippen LogP contribution in [0.3, 0.4) is 0 Å². The van der Waals surface area contributed by atoms with Crippen LogP contribution in [0.5, 0.6) is 5.75 Å². The topological polar surface area (TPSA) is 64.6 Å². The van der Waals surface area contributed by atoms with E-state index >= 15 is 0 Å². The van der Waals surface area contributed by atoms with Crippen LogP contribution in [0.4, 0.5) is 10.1 Å². The second-order valence-corrected chi connectivity index (χ2v) is 5.70. The molecule has 1 N–H and O–H groups in total. The minimum absolute atomic E-state index is 0.0501. The van der Waals surface area contributed by atoms with E-state index in [9.17, 15) is 14.0 Å². The van der Waals surface area contributed by atoms with Crippen LogP contribution in [0.2, 0.25) is 5.02 Å². The maximum absolute atomic E-state index is 13.7. The van der Waals surface area contributed by atoms with Crippen molar-refractivity contribution in [2.45, 2.75) is 26.1 Å². The van der Waals surface area contributed by atoms with Gasteiger partial charge in [0.2, 0.25) is 0 Å². The normalized spacial score (nSPS) is 12.8. The maximum Gasteiger partial charge on any atom is 0.347 e. The number of carbonyl (C=O) groups excluding carboxylic acids is 2. The van der Waals surface area contributed by atoms with Crippen molar-refractivity contribution in [3.63, 3.8) is 0 Å². The molecular weight excluding hydrogens is 349 g/mol. The van der Waals surface area contributed by atoms with Gasteiger partial charge in [-0.15, -0.1) is 0 Å². The molecule has 2 unspecified atom stereocenters. The lowest BCUT2D eigenvalue weighted by Crippen LogP contribution is -2.35. The molecule has 1 amide bonds. The van der Waals surface area contributed by atoms with E-state index in [-0.39, 0.29) is 10.7 Å². The monoisotopic (exact) mass is 365 g/mol. The van der Waals surface area contributed by atoms with Crippen molar-refractivity contribution in [3.05, 3.63) is 59.4 Å². The number of ether oxygens (including phenoxy) is 2. The summed E-state index contributed by atoms with van der Waals surface area (Å²) in [6.45, 7) is 2.90. The molecule has 0 aromatic heterocycles. The molecule has 0 bridgehead atoms. The lowest BCUT2D eigenvalue weighted by Gasteiger charge is -2.18. The van der Waals surface area contributed by atoms with Crippen molar-refractivity contribution in [1.82, 2.24) is 0 Å². The Balaban J connectivity index is 1.90. The van der Waals surface area contributed by atoms with Crippen molar-refractivity contribution in [1.29, 1.82) is 0 Å². The van der Waals surface area contributed by atoms with E-state index in [4.69, 9.17) is 21.1 Å². The zero-order valence-electron chi connectivity index (χ0n) is 13.7. The Bertz CT molecular complexity index is 754. The first-order valence-corrected chi connectivity index (χ1v) is 7.92. The van der Waals surface area contributed by atoms with Crippen LogP contribution in [0.1, 0.15) is 13.8 Å². The van der Waals surface area contributed by atoms with Crippen molar-refractivity contribution in [2.75, 3.05) is 5.32 Å². The van der Waals surface area contributed by atoms with Crippen LogP contribution in [-0.2, 0) is 14.3 Å². The predicted molar refractivity (Wildman–Crippen MR) is 92.1 cm³/mol. The molecule has 0 aliphatic carbocycles. The van der Waals surface area contributed by atoms with Gasteiger partial charge in [-0.25, -0.2) is 9.18 Å². The Morgan fingerprint density at radius 2 is 1.76 bits per heavy atom. The minimum Gasteiger partial charge on any atom is -0.479 e. The molecule has 0 aliphatic heterocycles. The molecule has 0 fully saturated rings. The molecule has 0 radical (unpaired) electrons. The Hall–Kier alpha value is -2.60. The smallest absolute Gasteiger partial charge is 0.347 e. The molecule has 2 aromatic carbocycles. The molecular formula is C18H17ClFNO4. The van der Waals surface area contributed by atoms with E-state index in [1.165, 1.54) is 26.0 Å². The molecule has 0 saturated carbocycles. The minimum atomic E-state index is -1.12. The SMILES string of the molecule is CC(OC(=O)C(C)Oc1ccccc1)C(=O)Nc1ccc(Cl)cc1F. The fourth-order valence-electron chi connectivity index (χ4n) is 1.90. The third-order valence-corrected chi connectivity index (χ3v) is 3.47. The Morgan fingerprint density at radius 3 is 2.40 bits per heavy atom. The lowest BCUT2D eigenvalue weighted by molar-refractivity contribution is -0.159. The molecule has 0 saturated heterocycles. The van der Waals surface area contributed by atoms with E-state index in [1.54, 1.807) is 24.3 Å². The van der Waals surface area contributed by atoms with Gasteiger partial charge in [0, 0.05) is 5.02 Å². The number of nitrogens with one attached hydrogen (secondary N) is 1. The molecule has 2 atom stereocenters. The van der Waals surface area contributed by atoms with Gasteiger partial charge in [-0.1, -0.05) is 29.8 Å². The van der Waals surface area contributed by atoms with Crippen molar-refractivity contribution >= 4 is 29.2 Å². The second-order valence-electron chi connectivity index (χ2n) is 5.27. The predicted octanol–water partition coefficient (Wildman–Crippen LogP) is 3.82. The first-order chi connectivity index (χ1) is 11.9. The summed E-state index contributed by atoms with van der Waals surface area (Å²) >= 11 is 5.65.